The van der Waals surface area contributed by atoms with Crippen molar-refractivity contribution in [3.63, 3.8) is 0 Å². The molecule has 18 heavy (non-hydrogen) atoms. The van der Waals surface area contributed by atoms with Crippen molar-refractivity contribution < 1.29 is 4.52 Å². The predicted molar refractivity (Wildman–Crippen MR) is 75.6 cm³/mol. The van der Waals surface area contributed by atoms with Gasteiger partial charge in [0, 0.05) is 0 Å². The summed E-state index contributed by atoms with van der Waals surface area (Å²) in [6.07, 6.45) is 3.89. The number of aryl methyl sites for hydroxylation is 1. The number of hydrogen-bond acceptors (Lipinski definition) is 2. The van der Waals surface area contributed by atoms with E-state index in [9.17, 15) is 0 Å². The fourth-order valence-corrected chi connectivity index (χ4v) is 2.39. The van der Waals surface area contributed by atoms with Crippen molar-refractivity contribution in [1.82, 2.24) is 5.16 Å². The van der Waals surface area contributed by atoms with Crippen LogP contribution in [0.4, 0.5) is 0 Å². The monoisotopic (exact) mass is 237 g/mol. The van der Waals surface area contributed by atoms with Gasteiger partial charge in [-0.1, -0.05) is 49.4 Å². The maximum Gasteiger partial charge on any atom is 0.167 e. The molecule has 0 radical (unpaired) electrons. The largest absolute Gasteiger partial charge is 0.356 e. The maximum absolute atomic E-state index is 5.40. The fourth-order valence-electron chi connectivity index (χ4n) is 2.39. The van der Waals surface area contributed by atoms with Crippen LogP contribution in [0.5, 0.6) is 0 Å². The van der Waals surface area contributed by atoms with Gasteiger partial charge in [0.15, 0.2) is 5.58 Å². The number of aromatic nitrogens is 1. The molecule has 0 unspecified atom stereocenters. The molecule has 0 N–H and O–H groups in total. The Morgan fingerprint density at radius 3 is 2.94 bits per heavy atom. The minimum absolute atomic E-state index is 0.873. The van der Waals surface area contributed by atoms with Crippen LogP contribution in [0.3, 0.4) is 0 Å². The first-order valence-electron chi connectivity index (χ1n) is 6.27. The molecule has 0 saturated heterocycles. The SMILES string of the molecule is C=Cc1ccc2c(ccc3onc(CCC)c32)c1. The van der Waals surface area contributed by atoms with Crippen molar-refractivity contribution in [3.8, 4) is 0 Å². The van der Waals surface area contributed by atoms with Crippen LogP contribution in [-0.4, -0.2) is 5.16 Å². The first-order chi connectivity index (χ1) is 8.83. The van der Waals surface area contributed by atoms with Gasteiger partial charge < -0.3 is 4.52 Å². The molecule has 1 heterocycles. The molecule has 3 rings (SSSR count). The number of nitrogens with zero attached hydrogens (tertiary/aromatic N) is 1. The Morgan fingerprint density at radius 2 is 2.17 bits per heavy atom. The van der Waals surface area contributed by atoms with Crippen LogP contribution in [0.1, 0.15) is 24.6 Å². The third-order valence-corrected chi connectivity index (χ3v) is 3.27. The van der Waals surface area contributed by atoms with E-state index in [2.05, 4.69) is 42.9 Å². The highest BCUT2D eigenvalue weighted by molar-refractivity contribution is 6.07. The normalized spacial score (nSPS) is 11.2. The molecule has 0 spiro atoms. The molecule has 0 saturated carbocycles. The maximum atomic E-state index is 5.40. The van der Waals surface area contributed by atoms with Gasteiger partial charge in [-0.15, -0.1) is 0 Å². The Bertz CT molecular complexity index is 724. The van der Waals surface area contributed by atoms with Crippen molar-refractivity contribution in [1.29, 1.82) is 0 Å². The second-order valence-electron chi connectivity index (χ2n) is 4.50. The first-order valence-corrected chi connectivity index (χ1v) is 6.27. The highest BCUT2D eigenvalue weighted by Crippen LogP contribution is 2.29. The summed E-state index contributed by atoms with van der Waals surface area (Å²) in [5, 5.41) is 7.76. The Kier molecular flexibility index (Phi) is 2.63. The Hall–Kier alpha value is -2.09. The quantitative estimate of drug-likeness (QED) is 0.666. The molecule has 2 aromatic carbocycles. The molecular formula is C16H15NO. The molecule has 2 heteroatoms. The number of benzene rings is 2. The zero-order valence-corrected chi connectivity index (χ0v) is 10.4. The molecule has 2 nitrogen and oxygen atoms in total. The van der Waals surface area contributed by atoms with Gasteiger partial charge in [-0.05, 0) is 34.9 Å². The standard InChI is InChI=1S/C16H15NO/c1-3-5-14-16-13-8-6-11(4-2)10-12(13)7-9-15(16)18-17-14/h4,6-10H,2-3,5H2,1H3. The Morgan fingerprint density at radius 1 is 1.28 bits per heavy atom. The van der Waals surface area contributed by atoms with Crippen molar-refractivity contribution >= 4 is 27.8 Å². The van der Waals surface area contributed by atoms with Gasteiger partial charge in [-0.25, -0.2) is 0 Å². The molecule has 0 bridgehead atoms. The lowest BCUT2D eigenvalue weighted by atomic mass is 10.0. The molecule has 90 valence electrons. The Labute approximate surface area is 106 Å². The van der Waals surface area contributed by atoms with Crippen LogP contribution in [0.25, 0.3) is 27.8 Å². The number of hydrogen-bond donors (Lipinski definition) is 0. The van der Waals surface area contributed by atoms with Crippen LogP contribution >= 0.6 is 0 Å². The number of rotatable bonds is 3. The smallest absolute Gasteiger partial charge is 0.167 e. The zero-order valence-electron chi connectivity index (χ0n) is 10.4. The van der Waals surface area contributed by atoms with E-state index in [1.807, 2.05) is 12.1 Å². The molecule has 0 amide bonds. The summed E-state index contributed by atoms with van der Waals surface area (Å²) >= 11 is 0. The molecule has 1 aromatic heterocycles. The summed E-state index contributed by atoms with van der Waals surface area (Å²) in [5.74, 6) is 0. The average Bonchev–Trinajstić information content (AvgIpc) is 2.82. The summed E-state index contributed by atoms with van der Waals surface area (Å²) < 4.78 is 5.40. The average molecular weight is 237 g/mol. The van der Waals surface area contributed by atoms with E-state index in [1.165, 1.54) is 10.8 Å². The van der Waals surface area contributed by atoms with Gasteiger partial charge in [0.1, 0.15) is 0 Å². The van der Waals surface area contributed by atoms with Gasteiger partial charge in [0.25, 0.3) is 0 Å². The van der Waals surface area contributed by atoms with Crippen molar-refractivity contribution in [2.75, 3.05) is 0 Å². The summed E-state index contributed by atoms with van der Waals surface area (Å²) in [6.45, 7) is 5.96. The van der Waals surface area contributed by atoms with Gasteiger partial charge >= 0.3 is 0 Å². The van der Waals surface area contributed by atoms with Gasteiger partial charge in [0.2, 0.25) is 0 Å². The summed E-state index contributed by atoms with van der Waals surface area (Å²) in [4.78, 5) is 0. The molecule has 3 aromatic rings. The fraction of sp³-hybridized carbons (Fsp3) is 0.188. The van der Waals surface area contributed by atoms with E-state index in [0.29, 0.717) is 0 Å². The number of fused-ring (bicyclic) bond motifs is 3. The topological polar surface area (TPSA) is 26.0 Å². The zero-order chi connectivity index (χ0) is 12.5. The summed E-state index contributed by atoms with van der Waals surface area (Å²) in [6, 6.07) is 10.4. The lowest BCUT2D eigenvalue weighted by molar-refractivity contribution is 0.445. The highest BCUT2D eigenvalue weighted by atomic mass is 16.5. The van der Waals surface area contributed by atoms with Crippen LogP contribution in [0, 0.1) is 0 Å². The van der Waals surface area contributed by atoms with Gasteiger partial charge in [-0.2, -0.15) is 0 Å². The van der Waals surface area contributed by atoms with E-state index in [-0.39, 0.29) is 0 Å². The van der Waals surface area contributed by atoms with E-state index in [4.69, 9.17) is 4.52 Å². The lowest BCUT2D eigenvalue weighted by Gasteiger charge is -2.02. The third-order valence-electron chi connectivity index (χ3n) is 3.27. The van der Waals surface area contributed by atoms with Crippen LogP contribution in [0.15, 0.2) is 41.4 Å². The van der Waals surface area contributed by atoms with Crippen molar-refractivity contribution in [2.24, 2.45) is 0 Å². The third kappa shape index (κ3) is 1.61. The summed E-state index contributed by atoms with van der Waals surface area (Å²) in [5.41, 5.74) is 3.07. The second-order valence-corrected chi connectivity index (χ2v) is 4.50. The van der Waals surface area contributed by atoms with Crippen molar-refractivity contribution in [2.45, 2.75) is 19.8 Å². The van der Waals surface area contributed by atoms with E-state index >= 15 is 0 Å². The molecule has 0 fully saturated rings. The first kappa shape index (κ1) is 11.0. The van der Waals surface area contributed by atoms with Crippen LogP contribution in [-0.2, 0) is 6.42 Å². The second kappa shape index (κ2) is 4.30. The minimum Gasteiger partial charge on any atom is -0.356 e. The molecular weight excluding hydrogens is 222 g/mol. The molecule has 0 aliphatic carbocycles. The van der Waals surface area contributed by atoms with Crippen LogP contribution < -0.4 is 0 Å². The van der Waals surface area contributed by atoms with E-state index < -0.39 is 0 Å². The lowest BCUT2D eigenvalue weighted by Crippen LogP contribution is -1.84. The highest BCUT2D eigenvalue weighted by Gasteiger charge is 2.10. The van der Waals surface area contributed by atoms with E-state index in [0.717, 1.165) is 35.1 Å². The minimum atomic E-state index is 0.873. The van der Waals surface area contributed by atoms with Gasteiger partial charge in [0.05, 0.1) is 11.1 Å². The van der Waals surface area contributed by atoms with Gasteiger partial charge in [-0.3, -0.25) is 0 Å². The molecule has 0 atom stereocenters. The van der Waals surface area contributed by atoms with Crippen molar-refractivity contribution in [3.05, 3.63) is 48.2 Å². The predicted octanol–water partition coefficient (Wildman–Crippen LogP) is 4.58. The molecule has 0 aliphatic heterocycles. The van der Waals surface area contributed by atoms with Crippen LogP contribution in [0.2, 0.25) is 0 Å². The van der Waals surface area contributed by atoms with E-state index in [1.54, 1.807) is 0 Å². The molecule has 0 aliphatic rings. The summed E-state index contributed by atoms with van der Waals surface area (Å²) in [7, 11) is 0. The Balaban J connectivity index is 2.36.